The largest absolute Gasteiger partial charge is 0.472 e. The minimum absolute atomic E-state index is 0.0349. The standard InChI is InChI=1S/C14H16N4O4/c19-11-7-10(16-14(21)17-11)13(20)18-6-4-9(8-18)22-12-3-1-2-5-15-12/h1-3,5,9-10H,4,6-8H2,(H2,16,17,19,21). The summed E-state index contributed by atoms with van der Waals surface area (Å²) >= 11 is 0. The number of imide groups is 1. The van der Waals surface area contributed by atoms with E-state index in [0.717, 1.165) is 0 Å². The number of nitrogens with one attached hydrogen (secondary N) is 2. The number of rotatable bonds is 3. The predicted octanol–water partition coefficient (Wildman–Crippen LogP) is -0.341. The number of carbonyl (C=O) groups is 3. The summed E-state index contributed by atoms with van der Waals surface area (Å²) in [7, 11) is 0. The van der Waals surface area contributed by atoms with Crippen LogP contribution in [-0.2, 0) is 9.59 Å². The van der Waals surface area contributed by atoms with E-state index >= 15 is 0 Å². The van der Waals surface area contributed by atoms with E-state index in [0.29, 0.717) is 25.4 Å². The first-order valence-corrected chi connectivity index (χ1v) is 7.08. The highest BCUT2D eigenvalue weighted by molar-refractivity contribution is 6.02. The number of nitrogens with zero attached hydrogens (tertiary/aromatic N) is 2. The van der Waals surface area contributed by atoms with Crippen molar-refractivity contribution in [3.8, 4) is 5.88 Å². The zero-order chi connectivity index (χ0) is 15.5. The van der Waals surface area contributed by atoms with Gasteiger partial charge < -0.3 is 15.0 Å². The second-order valence-corrected chi connectivity index (χ2v) is 5.26. The van der Waals surface area contributed by atoms with Crippen LogP contribution in [0.2, 0.25) is 0 Å². The van der Waals surface area contributed by atoms with Crippen LogP contribution in [0.5, 0.6) is 5.88 Å². The molecular formula is C14H16N4O4. The Labute approximate surface area is 126 Å². The molecule has 0 bridgehead atoms. The number of hydrogen-bond acceptors (Lipinski definition) is 5. The fraction of sp³-hybridized carbons (Fsp3) is 0.429. The molecule has 1 aromatic heterocycles. The van der Waals surface area contributed by atoms with Crippen LogP contribution in [-0.4, -0.2) is 53.0 Å². The maximum atomic E-state index is 12.3. The van der Waals surface area contributed by atoms with Crippen LogP contribution < -0.4 is 15.4 Å². The van der Waals surface area contributed by atoms with E-state index in [4.69, 9.17) is 4.74 Å². The number of amides is 4. The maximum Gasteiger partial charge on any atom is 0.322 e. The van der Waals surface area contributed by atoms with Gasteiger partial charge in [0, 0.05) is 25.2 Å². The topological polar surface area (TPSA) is 101 Å². The molecule has 22 heavy (non-hydrogen) atoms. The fourth-order valence-electron chi connectivity index (χ4n) is 2.59. The van der Waals surface area contributed by atoms with Crippen LogP contribution in [0.15, 0.2) is 24.4 Å². The monoisotopic (exact) mass is 304 g/mol. The summed E-state index contributed by atoms with van der Waals surface area (Å²) in [6.07, 6.45) is 2.16. The molecule has 8 heteroatoms. The first kappa shape index (κ1) is 14.3. The van der Waals surface area contributed by atoms with Crippen LogP contribution >= 0.6 is 0 Å². The molecule has 2 aliphatic rings. The molecule has 0 radical (unpaired) electrons. The number of carbonyl (C=O) groups excluding carboxylic acids is 3. The Bertz CT molecular complexity index is 576. The predicted molar refractivity (Wildman–Crippen MR) is 74.9 cm³/mol. The summed E-state index contributed by atoms with van der Waals surface area (Å²) < 4.78 is 5.71. The van der Waals surface area contributed by atoms with Gasteiger partial charge in [-0.05, 0) is 6.07 Å². The highest BCUT2D eigenvalue weighted by Gasteiger charge is 2.36. The minimum atomic E-state index is -0.796. The van der Waals surface area contributed by atoms with Crippen molar-refractivity contribution in [1.82, 2.24) is 20.5 Å². The molecule has 3 rings (SSSR count). The summed E-state index contributed by atoms with van der Waals surface area (Å²) in [5.41, 5.74) is 0. The smallest absolute Gasteiger partial charge is 0.322 e. The minimum Gasteiger partial charge on any atom is -0.472 e. The Morgan fingerprint density at radius 1 is 1.36 bits per heavy atom. The molecule has 3 heterocycles. The van der Waals surface area contributed by atoms with E-state index in [-0.39, 0.29) is 18.4 Å². The molecule has 0 aliphatic carbocycles. The van der Waals surface area contributed by atoms with Crippen LogP contribution in [0.4, 0.5) is 4.79 Å². The molecule has 8 nitrogen and oxygen atoms in total. The molecule has 2 N–H and O–H groups in total. The van der Waals surface area contributed by atoms with Crippen molar-refractivity contribution in [2.75, 3.05) is 13.1 Å². The fourth-order valence-corrected chi connectivity index (χ4v) is 2.59. The van der Waals surface area contributed by atoms with Crippen molar-refractivity contribution in [2.45, 2.75) is 25.0 Å². The Morgan fingerprint density at radius 2 is 2.23 bits per heavy atom. The lowest BCUT2D eigenvalue weighted by Gasteiger charge is -2.26. The SMILES string of the molecule is O=C1CC(C(=O)N2CCC(Oc3ccccn3)C2)NC(=O)N1. The van der Waals surface area contributed by atoms with Gasteiger partial charge in [0.1, 0.15) is 12.1 Å². The third-order valence-corrected chi connectivity index (χ3v) is 3.63. The average Bonchev–Trinajstić information content (AvgIpc) is 2.95. The van der Waals surface area contributed by atoms with Crippen molar-refractivity contribution in [1.29, 1.82) is 0 Å². The van der Waals surface area contributed by atoms with Crippen molar-refractivity contribution in [3.05, 3.63) is 24.4 Å². The lowest BCUT2D eigenvalue weighted by molar-refractivity contribution is -0.135. The first-order valence-electron chi connectivity index (χ1n) is 7.08. The van der Waals surface area contributed by atoms with E-state index in [1.165, 1.54) is 0 Å². The highest BCUT2D eigenvalue weighted by atomic mass is 16.5. The number of hydrogen-bond donors (Lipinski definition) is 2. The summed E-state index contributed by atoms with van der Waals surface area (Å²) in [6.45, 7) is 0.952. The van der Waals surface area contributed by atoms with Crippen molar-refractivity contribution < 1.29 is 19.1 Å². The molecule has 1 aromatic rings. The van der Waals surface area contributed by atoms with Gasteiger partial charge in [0.15, 0.2) is 0 Å². The van der Waals surface area contributed by atoms with Gasteiger partial charge in [0.2, 0.25) is 17.7 Å². The summed E-state index contributed by atoms with van der Waals surface area (Å²) in [5.74, 6) is -0.176. The van der Waals surface area contributed by atoms with Crippen LogP contribution in [0.25, 0.3) is 0 Å². The van der Waals surface area contributed by atoms with Crippen molar-refractivity contribution in [3.63, 3.8) is 0 Å². The van der Waals surface area contributed by atoms with Crippen LogP contribution in [0.1, 0.15) is 12.8 Å². The van der Waals surface area contributed by atoms with Gasteiger partial charge in [0.05, 0.1) is 13.0 Å². The lowest BCUT2D eigenvalue weighted by Crippen LogP contribution is -2.58. The maximum absolute atomic E-state index is 12.3. The van der Waals surface area contributed by atoms with Crippen molar-refractivity contribution >= 4 is 17.8 Å². The molecular weight excluding hydrogens is 288 g/mol. The third-order valence-electron chi connectivity index (χ3n) is 3.63. The summed E-state index contributed by atoms with van der Waals surface area (Å²) in [4.78, 5) is 40.6. The van der Waals surface area contributed by atoms with Gasteiger partial charge in [0.25, 0.3) is 0 Å². The molecule has 2 aliphatic heterocycles. The summed E-state index contributed by atoms with van der Waals surface area (Å²) in [5, 5.41) is 4.58. The number of pyridine rings is 1. The van der Waals surface area contributed by atoms with E-state index in [1.807, 2.05) is 6.07 Å². The molecule has 2 unspecified atom stereocenters. The second kappa shape index (κ2) is 6.00. The van der Waals surface area contributed by atoms with Gasteiger partial charge in [-0.1, -0.05) is 6.07 Å². The lowest BCUT2D eigenvalue weighted by atomic mass is 10.1. The Morgan fingerprint density at radius 3 is 2.95 bits per heavy atom. The van der Waals surface area contributed by atoms with Gasteiger partial charge in [-0.25, -0.2) is 9.78 Å². The molecule has 0 saturated carbocycles. The van der Waals surface area contributed by atoms with Crippen molar-refractivity contribution in [2.24, 2.45) is 0 Å². The van der Waals surface area contributed by atoms with E-state index < -0.39 is 18.0 Å². The van der Waals surface area contributed by atoms with E-state index in [1.54, 1.807) is 23.2 Å². The third kappa shape index (κ3) is 3.16. The van der Waals surface area contributed by atoms with E-state index in [9.17, 15) is 14.4 Å². The molecule has 2 atom stereocenters. The highest BCUT2D eigenvalue weighted by Crippen LogP contribution is 2.17. The molecule has 2 saturated heterocycles. The quantitative estimate of drug-likeness (QED) is 0.795. The van der Waals surface area contributed by atoms with Gasteiger partial charge in [-0.15, -0.1) is 0 Å². The molecule has 116 valence electrons. The Balaban J connectivity index is 1.57. The number of urea groups is 1. The zero-order valence-corrected chi connectivity index (χ0v) is 11.8. The molecule has 4 amide bonds. The van der Waals surface area contributed by atoms with Gasteiger partial charge >= 0.3 is 6.03 Å². The second-order valence-electron chi connectivity index (χ2n) is 5.26. The van der Waals surface area contributed by atoms with Crippen LogP contribution in [0.3, 0.4) is 0 Å². The Hall–Kier alpha value is -2.64. The number of aromatic nitrogens is 1. The van der Waals surface area contributed by atoms with E-state index in [2.05, 4.69) is 15.6 Å². The first-order chi connectivity index (χ1) is 10.6. The van der Waals surface area contributed by atoms with Gasteiger partial charge in [-0.2, -0.15) is 0 Å². The number of ether oxygens (including phenoxy) is 1. The molecule has 0 aromatic carbocycles. The molecule has 0 spiro atoms. The normalized spacial score (nSPS) is 24.6. The zero-order valence-electron chi connectivity index (χ0n) is 11.8. The molecule has 2 fully saturated rings. The summed E-state index contributed by atoms with van der Waals surface area (Å²) in [6, 6.07) is 3.96. The van der Waals surface area contributed by atoms with Crippen LogP contribution in [0, 0.1) is 0 Å². The van der Waals surface area contributed by atoms with Gasteiger partial charge in [-0.3, -0.25) is 14.9 Å². The Kier molecular flexibility index (Phi) is 3.90. The average molecular weight is 304 g/mol. The number of likely N-dealkylation sites (tertiary alicyclic amines) is 1.